The second-order valence-corrected chi connectivity index (χ2v) is 6.42. The second-order valence-electron chi connectivity index (χ2n) is 6.42. The van der Waals surface area contributed by atoms with Crippen LogP contribution >= 0.6 is 0 Å². The van der Waals surface area contributed by atoms with Gasteiger partial charge in [-0.15, -0.1) is 0 Å². The van der Waals surface area contributed by atoms with Gasteiger partial charge in [0.15, 0.2) is 0 Å². The molecular weight excluding hydrogens is 322 g/mol. The number of carboxylic acids is 1. The Morgan fingerprint density at radius 1 is 1.32 bits per heavy atom. The number of carbonyl (C=O) groups is 2. The Morgan fingerprint density at radius 3 is 2.76 bits per heavy atom. The van der Waals surface area contributed by atoms with Crippen molar-refractivity contribution in [2.24, 2.45) is 11.8 Å². The van der Waals surface area contributed by atoms with Crippen molar-refractivity contribution in [1.29, 1.82) is 0 Å². The zero-order valence-corrected chi connectivity index (χ0v) is 14.0. The highest BCUT2D eigenvalue weighted by Crippen LogP contribution is 2.24. The van der Waals surface area contributed by atoms with Gasteiger partial charge in [-0.25, -0.2) is 4.98 Å². The summed E-state index contributed by atoms with van der Waals surface area (Å²) in [5.74, 6) is -2.00. The molecule has 3 heterocycles. The van der Waals surface area contributed by atoms with Crippen molar-refractivity contribution in [2.45, 2.75) is 19.9 Å². The molecule has 1 aliphatic heterocycles. The maximum absolute atomic E-state index is 12.6. The van der Waals surface area contributed by atoms with Gasteiger partial charge >= 0.3 is 5.97 Å². The van der Waals surface area contributed by atoms with Crippen LogP contribution in [0.3, 0.4) is 0 Å². The molecular formula is C17H21N5O3. The number of nitrogens with zero attached hydrogens (tertiary/aromatic N) is 3. The number of piperidine rings is 1. The van der Waals surface area contributed by atoms with Crippen molar-refractivity contribution >= 4 is 17.6 Å². The van der Waals surface area contributed by atoms with Crippen LogP contribution in [0.4, 0.5) is 5.69 Å². The third-order valence-corrected chi connectivity index (χ3v) is 4.37. The number of aryl methyl sites for hydroxylation is 1. The van der Waals surface area contributed by atoms with Crippen molar-refractivity contribution in [3.63, 3.8) is 0 Å². The van der Waals surface area contributed by atoms with Gasteiger partial charge in [0.05, 0.1) is 30.0 Å². The number of nitrogens with one attached hydrogen (secondary N) is 2. The first-order chi connectivity index (χ1) is 12.0. The van der Waals surface area contributed by atoms with Gasteiger partial charge in [-0.1, -0.05) is 0 Å². The molecule has 2 aromatic rings. The van der Waals surface area contributed by atoms with Crippen LogP contribution in [0.1, 0.15) is 17.8 Å². The summed E-state index contributed by atoms with van der Waals surface area (Å²) < 4.78 is 0. The fourth-order valence-corrected chi connectivity index (χ4v) is 3.09. The Labute approximate surface area is 145 Å². The highest BCUT2D eigenvalue weighted by molar-refractivity contribution is 5.93. The van der Waals surface area contributed by atoms with E-state index < -0.39 is 11.9 Å². The molecule has 0 aromatic carbocycles. The van der Waals surface area contributed by atoms with E-state index in [4.69, 9.17) is 0 Å². The number of hydrogen-bond acceptors (Lipinski definition) is 5. The zero-order valence-electron chi connectivity index (χ0n) is 14.0. The number of likely N-dealkylation sites (tertiary alicyclic amines) is 1. The van der Waals surface area contributed by atoms with Gasteiger partial charge in [-0.2, -0.15) is 0 Å². The summed E-state index contributed by atoms with van der Waals surface area (Å²) in [5, 5.41) is 12.2. The fraction of sp³-hybridized carbons (Fsp3) is 0.412. The van der Waals surface area contributed by atoms with Gasteiger partial charge in [0.2, 0.25) is 5.91 Å². The molecule has 0 bridgehead atoms. The lowest BCUT2D eigenvalue weighted by atomic mass is 9.88. The number of pyridine rings is 1. The van der Waals surface area contributed by atoms with Crippen molar-refractivity contribution in [2.75, 3.05) is 18.4 Å². The lowest BCUT2D eigenvalue weighted by Crippen LogP contribution is -2.46. The molecule has 8 nitrogen and oxygen atoms in total. The molecule has 1 amide bonds. The van der Waals surface area contributed by atoms with Crippen LogP contribution in [0, 0.1) is 18.8 Å². The monoisotopic (exact) mass is 343 g/mol. The SMILES string of the molecule is Cc1ccc(NC(=O)[C@@H]2C[C@H](C(=O)O)CN(Cc3cnc[nH]3)C2)cn1. The fourth-order valence-electron chi connectivity index (χ4n) is 3.09. The third-order valence-electron chi connectivity index (χ3n) is 4.37. The molecule has 3 rings (SSSR count). The topological polar surface area (TPSA) is 111 Å². The van der Waals surface area contributed by atoms with Crippen molar-refractivity contribution < 1.29 is 14.7 Å². The molecule has 2 atom stereocenters. The number of rotatable bonds is 5. The number of hydrogen-bond donors (Lipinski definition) is 3. The number of amides is 1. The molecule has 132 valence electrons. The number of carboxylic acid groups (broad SMARTS) is 1. The van der Waals surface area contributed by atoms with E-state index in [0.29, 0.717) is 31.7 Å². The Morgan fingerprint density at radius 2 is 2.12 bits per heavy atom. The molecule has 1 saturated heterocycles. The number of aromatic nitrogens is 3. The number of aliphatic carboxylic acids is 1. The van der Waals surface area contributed by atoms with Gasteiger partial charge in [0.25, 0.3) is 0 Å². The summed E-state index contributed by atoms with van der Waals surface area (Å²) in [6.07, 6.45) is 5.23. The van der Waals surface area contributed by atoms with Crippen molar-refractivity contribution in [1.82, 2.24) is 19.9 Å². The first-order valence-corrected chi connectivity index (χ1v) is 8.17. The molecule has 1 aliphatic rings. The van der Waals surface area contributed by atoms with Crippen LogP contribution in [0.15, 0.2) is 30.9 Å². The normalized spacial score (nSPS) is 21.0. The lowest BCUT2D eigenvalue weighted by Gasteiger charge is -2.35. The van der Waals surface area contributed by atoms with E-state index in [1.807, 2.05) is 17.9 Å². The van der Waals surface area contributed by atoms with Gasteiger partial charge in [-0.05, 0) is 25.5 Å². The summed E-state index contributed by atoms with van der Waals surface area (Å²) in [7, 11) is 0. The zero-order chi connectivity index (χ0) is 17.8. The number of anilines is 1. The van der Waals surface area contributed by atoms with E-state index >= 15 is 0 Å². The van der Waals surface area contributed by atoms with Crippen LogP contribution in [0.2, 0.25) is 0 Å². The van der Waals surface area contributed by atoms with Crippen LogP contribution < -0.4 is 5.32 Å². The lowest BCUT2D eigenvalue weighted by molar-refractivity contribution is -0.145. The van der Waals surface area contributed by atoms with Crippen molar-refractivity contribution in [3.8, 4) is 0 Å². The smallest absolute Gasteiger partial charge is 0.307 e. The Hall–Kier alpha value is -2.74. The molecule has 2 aromatic heterocycles. The first-order valence-electron chi connectivity index (χ1n) is 8.17. The van der Waals surface area contributed by atoms with Crippen LogP contribution in [-0.2, 0) is 16.1 Å². The standard InChI is InChI=1S/C17H21N5O3/c1-11-2-3-14(6-19-11)21-16(23)12-4-13(17(24)25)8-22(7-12)9-15-5-18-10-20-15/h2-3,5-6,10,12-13H,4,7-9H2,1H3,(H,18,20)(H,21,23)(H,24,25)/t12-,13+/m1/s1. The van der Waals surface area contributed by atoms with E-state index in [1.54, 1.807) is 24.8 Å². The molecule has 0 unspecified atom stereocenters. The Balaban J connectivity index is 1.68. The maximum Gasteiger partial charge on any atom is 0.307 e. The maximum atomic E-state index is 12.6. The molecule has 0 saturated carbocycles. The van der Waals surface area contributed by atoms with Gasteiger partial charge in [-0.3, -0.25) is 19.5 Å². The highest BCUT2D eigenvalue weighted by atomic mass is 16.4. The summed E-state index contributed by atoms with van der Waals surface area (Å²) in [6, 6.07) is 3.61. The van der Waals surface area contributed by atoms with E-state index in [9.17, 15) is 14.7 Å². The van der Waals surface area contributed by atoms with E-state index in [-0.39, 0.29) is 11.8 Å². The molecule has 3 N–H and O–H groups in total. The Kier molecular flexibility index (Phi) is 5.08. The quantitative estimate of drug-likeness (QED) is 0.754. The Bertz CT molecular complexity index is 729. The number of aromatic amines is 1. The van der Waals surface area contributed by atoms with Crippen molar-refractivity contribution in [3.05, 3.63) is 42.2 Å². The average molecular weight is 343 g/mol. The predicted octanol–water partition coefficient (Wildman–Crippen LogP) is 1.27. The van der Waals surface area contributed by atoms with Crippen LogP contribution in [0.25, 0.3) is 0 Å². The third kappa shape index (κ3) is 4.42. The van der Waals surface area contributed by atoms with Crippen LogP contribution in [0.5, 0.6) is 0 Å². The summed E-state index contributed by atoms with van der Waals surface area (Å²) in [6.45, 7) is 3.34. The minimum Gasteiger partial charge on any atom is -0.481 e. The van der Waals surface area contributed by atoms with E-state index in [2.05, 4.69) is 20.3 Å². The molecule has 0 spiro atoms. The largest absolute Gasteiger partial charge is 0.481 e. The molecule has 0 aliphatic carbocycles. The summed E-state index contributed by atoms with van der Waals surface area (Å²) in [4.78, 5) is 37.2. The number of imidazole rings is 1. The summed E-state index contributed by atoms with van der Waals surface area (Å²) in [5.41, 5.74) is 2.38. The van der Waals surface area contributed by atoms with Gasteiger partial charge < -0.3 is 15.4 Å². The number of carbonyl (C=O) groups excluding carboxylic acids is 1. The first kappa shape index (κ1) is 17.1. The molecule has 0 radical (unpaired) electrons. The van der Waals surface area contributed by atoms with Gasteiger partial charge in [0.1, 0.15) is 0 Å². The van der Waals surface area contributed by atoms with E-state index in [1.165, 1.54) is 0 Å². The predicted molar refractivity (Wildman–Crippen MR) is 90.7 cm³/mol. The molecule has 8 heteroatoms. The summed E-state index contributed by atoms with van der Waals surface area (Å²) >= 11 is 0. The minimum absolute atomic E-state index is 0.175. The molecule has 1 fully saturated rings. The minimum atomic E-state index is -0.871. The van der Waals surface area contributed by atoms with Gasteiger partial charge in [0, 0.05) is 37.2 Å². The highest BCUT2D eigenvalue weighted by Gasteiger charge is 2.35. The average Bonchev–Trinajstić information content (AvgIpc) is 3.09. The molecule has 25 heavy (non-hydrogen) atoms. The second kappa shape index (κ2) is 7.43. The van der Waals surface area contributed by atoms with Crippen LogP contribution in [-0.4, -0.2) is 49.9 Å². The van der Waals surface area contributed by atoms with E-state index in [0.717, 1.165) is 11.4 Å². The number of H-pyrrole nitrogens is 1.